The number of aliphatic hydroxyl groups is 2. The number of anilines is 3. The summed E-state index contributed by atoms with van der Waals surface area (Å²) in [5.74, 6) is -7.80. The van der Waals surface area contributed by atoms with Gasteiger partial charge in [-0.3, -0.25) is 43.3 Å². The highest BCUT2D eigenvalue weighted by Crippen LogP contribution is 2.40. The van der Waals surface area contributed by atoms with Crippen molar-refractivity contribution in [3.8, 4) is 11.3 Å². The highest BCUT2D eigenvalue weighted by Gasteiger charge is 2.53. The Morgan fingerprint density at radius 3 is 2.19 bits per heavy atom. The minimum Gasteiger partial charge on any atom is -0.460 e. The Morgan fingerprint density at radius 1 is 0.719 bits per heavy atom. The van der Waals surface area contributed by atoms with Crippen LogP contribution in [-0.4, -0.2) is 297 Å². The molecule has 734 valence electrons. The molecule has 6 aromatic heterocycles. The van der Waals surface area contributed by atoms with E-state index in [4.69, 9.17) is 43.6 Å². The van der Waals surface area contributed by atoms with Crippen molar-refractivity contribution in [2.75, 3.05) is 135 Å². The van der Waals surface area contributed by atoms with Crippen molar-refractivity contribution >= 4 is 92.6 Å². The van der Waals surface area contributed by atoms with Gasteiger partial charge in [-0.25, -0.2) is 39.7 Å². The number of nitrogens with zero attached hydrogens (tertiary/aromatic N) is 13. The molecule has 5 fully saturated rings. The Hall–Kier alpha value is -10.6. The molecular formula is C99H140N17O19+. The second kappa shape index (κ2) is 50.5. The average molecular weight is 1870 g/mol. The number of nitrogens with one attached hydrogen (secondary N) is 3. The molecule has 2 bridgehead atoms. The number of cyclic esters (lactones) is 1. The Kier molecular flexibility index (Phi) is 38.7. The Bertz CT molecular complexity index is 5090. The fraction of sp³-hybridized carbons (Fsp3) is 0.626. The Morgan fingerprint density at radius 2 is 1.44 bits per heavy atom. The number of H-pyrrole nitrogens is 2. The summed E-state index contributed by atoms with van der Waals surface area (Å²) in [5.41, 5.74) is 11.9. The SMILES string of the molecule is CO[C@H]1C[C@@H]2CC[C@@H](C)[C@@](O)(O2)C(=O)C(=O)N2CCCC[C@H]2C(=O)O[C@H]([C@H](C)C[C@@H]2CC[C@@H](OC(=O)CCc3cnc(N4CCN(C(=O)CCOCCN5CCN(c6ncc(C(=O)NCCOCCC(=O)CCCCCC[n+]7[nH]c8ncnc(N)c8c7-c7cnc8[nH]ccc8c7)cn6)CC5)CC4)nc3)[C@H](OC)C2)CC(=O)[C@H](C)/C=C(\C)[C@@H](O)[C@@H](OC)C(=O)[C@H](C)C[C@H](C)/C=C/C=C/C=C/1C. The van der Waals surface area contributed by atoms with Crippen molar-refractivity contribution in [1.82, 2.24) is 65.0 Å². The smallest absolute Gasteiger partial charge is 0.329 e. The zero-order valence-corrected chi connectivity index (χ0v) is 80.1. The molecule has 3 amide bonds. The largest absolute Gasteiger partial charge is 0.460 e. The number of nitrogens with two attached hydrogens (primary N) is 1. The van der Waals surface area contributed by atoms with E-state index < -0.39 is 102 Å². The molecule has 4 saturated heterocycles. The third-order valence-corrected chi connectivity index (χ3v) is 27.5. The van der Waals surface area contributed by atoms with Crippen LogP contribution < -0.4 is 25.5 Å². The lowest BCUT2D eigenvalue weighted by atomic mass is 9.78. The maximum absolute atomic E-state index is 14.8. The highest BCUT2D eigenvalue weighted by atomic mass is 16.6. The predicted octanol–water partition coefficient (Wildman–Crippen LogP) is 8.86. The van der Waals surface area contributed by atoms with Gasteiger partial charge in [0.15, 0.2) is 12.3 Å². The summed E-state index contributed by atoms with van der Waals surface area (Å²) in [6, 6.07) is 2.83. The Labute approximate surface area is 790 Å². The molecule has 0 radical (unpaired) electrons. The van der Waals surface area contributed by atoms with Crippen molar-refractivity contribution in [2.24, 2.45) is 35.5 Å². The van der Waals surface area contributed by atoms with Crippen LogP contribution in [0.1, 0.15) is 193 Å². The monoisotopic (exact) mass is 1870 g/mol. The number of nitrogen functional groups attached to an aromatic ring is 1. The van der Waals surface area contributed by atoms with Crippen molar-refractivity contribution in [3.05, 3.63) is 114 Å². The van der Waals surface area contributed by atoms with E-state index in [1.807, 2.05) is 79.4 Å². The quantitative estimate of drug-likeness (QED) is 0.00736. The molecule has 1 aliphatic carbocycles. The number of fused-ring (bicyclic) bond motifs is 5. The first-order chi connectivity index (χ1) is 65.1. The van der Waals surface area contributed by atoms with E-state index in [1.54, 1.807) is 60.4 Å². The molecule has 135 heavy (non-hydrogen) atoms. The van der Waals surface area contributed by atoms with Crippen LogP contribution in [0.25, 0.3) is 33.3 Å². The number of Topliss-reactive ketones (excluding diaryl/α,β-unsaturated/α-hetero) is 4. The van der Waals surface area contributed by atoms with Crippen LogP contribution >= 0.6 is 0 Å². The third kappa shape index (κ3) is 28.3. The van der Waals surface area contributed by atoms with E-state index in [0.717, 1.165) is 77.6 Å². The van der Waals surface area contributed by atoms with Gasteiger partial charge < -0.3 is 83.7 Å². The number of methoxy groups -OCH3 is 3. The molecule has 6 aliphatic rings. The van der Waals surface area contributed by atoms with Gasteiger partial charge in [-0.2, -0.15) is 0 Å². The number of aromatic nitrogens is 10. The number of carbonyl (C=O) groups is 9. The van der Waals surface area contributed by atoms with E-state index in [1.165, 1.54) is 30.7 Å². The molecule has 36 nitrogen and oxygen atoms in total. The number of unbranched alkanes of at least 4 members (excludes halogenated alkanes) is 3. The third-order valence-electron chi connectivity index (χ3n) is 27.5. The summed E-state index contributed by atoms with van der Waals surface area (Å²) in [5, 5.41) is 31.8. The molecule has 5 aliphatic heterocycles. The number of aliphatic hydroxyl groups excluding tert-OH is 1. The van der Waals surface area contributed by atoms with Crippen LogP contribution in [0, 0.1) is 35.5 Å². The number of amides is 3. The number of ketones is 4. The van der Waals surface area contributed by atoms with E-state index in [0.29, 0.717) is 177 Å². The minimum absolute atomic E-state index is 0.0155. The molecule has 0 spiro atoms. The zero-order chi connectivity index (χ0) is 96.2. The molecule has 12 rings (SSSR count). The van der Waals surface area contributed by atoms with Gasteiger partial charge in [0.05, 0.1) is 62.3 Å². The summed E-state index contributed by atoms with van der Waals surface area (Å²) in [7, 11) is 4.51. The van der Waals surface area contributed by atoms with Gasteiger partial charge in [-0.1, -0.05) is 77.5 Å². The van der Waals surface area contributed by atoms with E-state index in [9.17, 15) is 53.4 Å². The van der Waals surface area contributed by atoms with E-state index >= 15 is 0 Å². The van der Waals surface area contributed by atoms with Gasteiger partial charge in [0, 0.05) is 192 Å². The van der Waals surface area contributed by atoms with Crippen molar-refractivity contribution in [2.45, 2.75) is 244 Å². The van der Waals surface area contributed by atoms with Crippen LogP contribution in [0.15, 0.2) is 103 Å². The summed E-state index contributed by atoms with van der Waals surface area (Å²) in [6.07, 6.45) is 26.5. The molecule has 36 heteroatoms. The van der Waals surface area contributed by atoms with Gasteiger partial charge in [0.25, 0.3) is 23.3 Å². The summed E-state index contributed by atoms with van der Waals surface area (Å²) >= 11 is 0. The van der Waals surface area contributed by atoms with Crippen molar-refractivity contribution in [1.29, 1.82) is 0 Å². The molecule has 1 saturated carbocycles. The first-order valence-corrected chi connectivity index (χ1v) is 48.3. The second-order valence-corrected chi connectivity index (χ2v) is 37.3. The second-order valence-electron chi connectivity index (χ2n) is 37.3. The molecule has 0 unspecified atom stereocenters. The van der Waals surface area contributed by atoms with E-state index in [2.05, 4.69) is 70.8 Å². The summed E-state index contributed by atoms with van der Waals surface area (Å²) < 4.78 is 50.0. The molecule has 6 aromatic rings. The number of esters is 2. The van der Waals surface area contributed by atoms with Crippen LogP contribution in [0.3, 0.4) is 0 Å². The number of hydrogen-bond donors (Lipinski definition) is 6. The number of carbonyl (C=O) groups excluding carboxylic acids is 9. The van der Waals surface area contributed by atoms with Gasteiger partial charge in [-0.15, -0.1) is 9.78 Å². The highest BCUT2D eigenvalue weighted by molar-refractivity contribution is 6.39. The van der Waals surface area contributed by atoms with Gasteiger partial charge in [0.2, 0.25) is 29.2 Å². The van der Waals surface area contributed by atoms with Crippen molar-refractivity contribution < 1.29 is 95.9 Å². The number of pyridine rings is 1. The minimum atomic E-state index is -2.49. The zero-order valence-electron chi connectivity index (χ0n) is 80.1. The fourth-order valence-corrected chi connectivity index (χ4v) is 19.2. The van der Waals surface area contributed by atoms with Crippen LogP contribution in [0.4, 0.5) is 17.7 Å². The van der Waals surface area contributed by atoms with Crippen LogP contribution in [0.5, 0.6) is 0 Å². The molecule has 7 N–H and O–H groups in total. The van der Waals surface area contributed by atoms with Crippen LogP contribution in [-0.2, 0) is 89.2 Å². The van der Waals surface area contributed by atoms with Gasteiger partial charge in [-0.05, 0) is 144 Å². The van der Waals surface area contributed by atoms with Gasteiger partial charge >= 0.3 is 11.9 Å². The number of hydrogen-bond acceptors (Lipinski definition) is 30. The number of rotatable bonds is 33. The maximum atomic E-state index is 14.8. The van der Waals surface area contributed by atoms with E-state index in [-0.39, 0.29) is 99.4 Å². The van der Waals surface area contributed by atoms with Crippen LogP contribution in [0.2, 0.25) is 0 Å². The van der Waals surface area contributed by atoms with Crippen molar-refractivity contribution in [3.63, 3.8) is 0 Å². The fourth-order valence-electron chi connectivity index (χ4n) is 19.2. The van der Waals surface area contributed by atoms with Gasteiger partial charge in [0.1, 0.15) is 65.2 Å². The number of piperidine rings is 1. The standard InChI is InChI=1S/C99H139N17O19/c1-63-20-14-13-15-21-64(2)80(128-8)55-76-27-24-69(7)99(127,135-76)90(123)95(125)115-35-19-17-23-77(115)96(126)134-81(56-78(118)65(3)51-68(6)88(122)89(130-10)87(121)67(5)50-63)66(4)52-70-25-28-79(82(53-70)129-9)133-84(120)29-26-71-57-104-97(105-58-71)114-43-41-112(42-44-114)83(119)32-47-132-49-45-111-37-39-113(40-38-111)98-106-60-74(61-107-98)94(124)102-34-48-131-46-31-75(117)22-16-11-12-18-36-116-86(85-91(100)108-62-109-93(85)110-116)73-54-72-30-33-101-92(72)103-59-73/h13-15,20-21,30,33,51,54,57-63,65-67,69-70,76-77,79-82,88-89,122,127H,11-12,16-19,22-29,31-32,34-50,52-53,55-56H2,1-10H3,(H4,100,101,102,103,108,109,110,124)/p+1/b15-13+,20-14+,64-21+,68-51+/t63-,65-,66-,67-,69-,70+,76+,77+,79-,80+,81+,82-,88-,89+,99-/m1/s1. The number of aryl methyl sites for hydroxylation is 2. The maximum Gasteiger partial charge on any atom is 0.329 e. The number of allylic oxidation sites excluding steroid dienone is 6. The Balaban J connectivity index is 0.523. The number of ether oxygens (including phenoxy) is 8. The average Bonchev–Trinajstić information content (AvgIpc) is 1.70. The summed E-state index contributed by atoms with van der Waals surface area (Å²) in [4.78, 5) is 169. The first kappa shape index (κ1) is 103. The predicted molar refractivity (Wildman–Crippen MR) is 504 cm³/mol. The number of piperazine rings is 2. The molecule has 11 heterocycles. The molecular weight excluding hydrogens is 1730 g/mol. The number of aromatic amines is 2. The molecule has 15 atom stereocenters. The first-order valence-electron chi connectivity index (χ1n) is 48.3. The lowest BCUT2D eigenvalue weighted by Crippen LogP contribution is -2.61. The summed E-state index contributed by atoms with van der Waals surface area (Å²) in [6.45, 7) is 20.6. The topological polar surface area (TPSA) is 448 Å². The lowest BCUT2D eigenvalue weighted by Gasteiger charge is -2.42. The normalized spacial score (nSPS) is 27.1. The lowest BCUT2D eigenvalue weighted by molar-refractivity contribution is -0.738. The molecule has 0 aromatic carbocycles.